The second-order valence-electron chi connectivity index (χ2n) is 5.84. The molecule has 1 saturated heterocycles. The topological polar surface area (TPSA) is 15.3 Å². The molecule has 1 fully saturated rings. The molecule has 1 aliphatic heterocycles. The summed E-state index contributed by atoms with van der Waals surface area (Å²) in [6.45, 7) is 6.55. The molecule has 0 saturated carbocycles. The van der Waals surface area contributed by atoms with Gasteiger partial charge in [-0.25, -0.2) is 0 Å². The van der Waals surface area contributed by atoms with Crippen LogP contribution in [-0.2, 0) is 0 Å². The van der Waals surface area contributed by atoms with Gasteiger partial charge in [0.25, 0.3) is 0 Å². The van der Waals surface area contributed by atoms with Gasteiger partial charge < -0.3 is 5.32 Å². The molecule has 2 atom stereocenters. The average molecular weight is 315 g/mol. The normalized spacial score (nSPS) is 20.7. The van der Waals surface area contributed by atoms with E-state index in [9.17, 15) is 0 Å². The van der Waals surface area contributed by atoms with E-state index in [1.54, 1.807) is 0 Å². The van der Waals surface area contributed by atoms with Gasteiger partial charge in [0.1, 0.15) is 0 Å². The van der Waals surface area contributed by atoms with E-state index in [2.05, 4.69) is 59.6 Å². The molecule has 0 aromatic heterocycles. The minimum Gasteiger partial charge on any atom is -0.314 e. The molecule has 22 heavy (non-hydrogen) atoms. The van der Waals surface area contributed by atoms with Crippen molar-refractivity contribution in [2.75, 3.05) is 26.2 Å². The Morgan fingerprint density at radius 2 is 1.77 bits per heavy atom. The standard InChI is InChI=1S/C19H23ClN2/c1-2-22-13-12-21-14-18(22)19(15-6-4-3-5-7-15)16-8-10-17(20)11-9-16/h3-11,18-19,21H,2,12-14H2,1H3. The van der Waals surface area contributed by atoms with Crippen molar-refractivity contribution in [2.45, 2.75) is 18.9 Å². The van der Waals surface area contributed by atoms with Crippen LogP contribution in [0.15, 0.2) is 54.6 Å². The van der Waals surface area contributed by atoms with Crippen molar-refractivity contribution >= 4 is 11.6 Å². The van der Waals surface area contributed by atoms with E-state index >= 15 is 0 Å². The summed E-state index contributed by atoms with van der Waals surface area (Å²) in [5.74, 6) is 0.367. The maximum atomic E-state index is 6.08. The van der Waals surface area contributed by atoms with Gasteiger partial charge in [-0.05, 0) is 29.8 Å². The fourth-order valence-corrected chi connectivity index (χ4v) is 3.58. The van der Waals surface area contributed by atoms with E-state index in [-0.39, 0.29) is 0 Å². The quantitative estimate of drug-likeness (QED) is 0.924. The molecule has 116 valence electrons. The zero-order valence-electron chi connectivity index (χ0n) is 13.0. The number of hydrogen-bond donors (Lipinski definition) is 1. The lowest BCUT2D eigenvalue weighted by molar-refractivity contribution is 0.155. The van der Waals surface area contributed by atoms with E-state index in [1.165, 1.54) is 11.1 Å². The van der Waals surface area contributed by atoms with Gasteiger partial charge >= 0.3 is 0 Å². The van der Waals surface area contributed by atoms with Crippen molar-refractivity contribution < 1.29 is 0 Å². The number of hydrogen-bond acceptors (Lipinski definition) is 2. The average Bonchev–Trinajstić information content (AvgIpc) is 2.58. The second kappa shape index (κ2) is 7.28. The first-order chi connectivity index (χ1) is 10.8. The number of piperazine rings is 1. The van der Waals surface area contributed by atoms with Crippen LogP contribution in [0.3, 0.4) is 0 Å². The SMILES string of the molecule is CCN1CCNCC1C(c1ccccc1)c1ccc(Cl)cc1. The van der Waals surface area contributed by atoms with Gasteiger partial charge in [-0.2, -0.15) is 0 Å². The van der Waals surface area contributed by atoms with Crippen LogP contribution < -0.4 is 5.32 Å². The Kier molecular flexibility index (Phi) is 5.14. The summed E-state index contributed by atoms with van der Waals surface area (Å²) in [4.78, 5) is 2.59. The minimum atomic E-state index is 0.367. The third-order valence-corrected chi connectivity index (χ3v) is 4.83. The number of likely N-dealkylation sites (N-methyl/N-ethyl adjacent to an activating group) is 1. The van der Waals surface area contributed by atoms with Crippen molar-refractivity contribution in [3.8, 4) is 0 Å². The largest absolute Gasteiger partial charge is 0.314 e. The summed E-state index contributed by atoms with van der Waals surface area (Å²) in [6, 6.07) is 19.6. The summed E-state index contributed by atoms with van der Waals surface area (Å²) in [6.07, 6.45) is 0. The lowest BCUT2D eigenvalue weighted by Crippen LogP contribution is -2.53. The molecule has 1 aliphatic rings. The molecule has 0 spiro atoms. The van der Waals surface area contributed by atoms with E-state index in [4.69, 9.17) is 11.6 Å². The molecule has 0 aliphatic carbocycles. The maximum Gasteiger partial charge on any atom is 0.0406 e. The van der Waals surface area contributed by atoms with E-state index in [0.717, 1.165) is 31.2 Å². The van der Waals surface area contributed by atoms with Crippen LogP contribution >= 0.6 is 11.6 Å². The van der Waals surface area contributed by atoms with Gasteiger partial charge in [0.05, 0.1) is 0 Å². The monoisotopic (exact) mass is 314 g/mol. The summed E-state index contributed by atoms with van der Waals surface area (Å²) in [7, 11) is 0. The van der Waals surface area contributed by atoms with Gasteiger partial charge in [-0.1, -0.05) is 61.0 Å². The molecular weight excluding hydrogens is 292 g/mol. The lowest BCUT2D eigenvalue weighted by Gasteiger charge is -2.40. The molecular formula is C19H23ClN2. The highest BCUT2D eigenvalue weighted by Gasteiger charge is 2.31. The van der Waals surface area contributed by atoms with E-state index < -0.39 is 0 Å². The number of benzene rings is 2. The number of nitrogens with one attached hydrogen (secondary N) is 1. The van der Waals surface area contributed by atoms with Crippen molar-refractivity contribution in [2.24, 2.45) is 0 Å². The Labute approximate surface area is 138 Å². The van der Waals surface area contributed by atoms with Crippen molar-refractivity contribution in [1.82, 2.24) is 10.2 Å². The molecule has 2 aromatic carbocycles. The van der Waals surface area contributed by atoms with Gasteiger partial charge in [0.2, 0.25) is 0 Å². The molecule has 0 amide bonds. The minimum absolute atomic E-state index is 0.367. The molecule has 0 bridgehead atoms. The van der Waals surface area contributed by atoms with Crippen LogP contribution in [0, 0.1) is 0 Å². The van der Waals surface area contributed by atoms with Crippen molar-refractivity contribution in [3.05, 3.63) is 70.7 Å². The zero-order valence-corrected chi connectivity index (χ0v) is 13.8. The Morgan fingerprint density at radius 3 is 2.45 bits per heavy atom. The Bertz CT molecular complexity index is 582. The highest BCUT2D eigenvalue weighted by Crippen LogP contribution is 2.32. The highest BCUT2D eigenvalue weighted by molar-refractivity contribution is 6.30. The zero-order chi connectivity index (χ0) is 15.4. The molecule has 3 rings (SSSR count). The molecule has 0 radical (unpaired) electrons. The van der Waals surface area contributed by atoms with Gasteiger partial charge in [-0.15, -0.1) is 0 Å². The van der Waals surface area contributed by atoms with Gasteiger partial charge in [0.15, 0.2) is 0 Å². The third kappa shape index (κ3) is 3.35. The molecule has 1 heterocycles. The molecule has 3 heteroatoms. The summed E-state index contributed by atoms with van der Waals surface area (Å²) in [5, 5.41) is 4.36. The van der Waals surface area contributed by atoms with E-state index in [1.807, 2.05) is 12.1 Å². The maximum absolute atomic E-state index is 6.08. The molecule has 2 aromatic rings. The number of halogens is 1. The third-order valence-electron chi connectivity index (χ3n) is 4.58. The molecule has 1 N–H and O–H groups in total. The first kappa shape index (κ1) is 15.5. The van der Waals surface area contributed by atoms with Crippen LogP contribution in [0.5, 0.6) is 0 Å². The van der Waals surface area contributed by atoms with Crippen LogP contribution in [0.25, 0.3) is 0 Å². The fourth-order valence-electron chi connectivity index (χ4n) is 3.46. The first-order valence-corrected chi connectivity index (χ1v) is 8.42. The smallest absolute Gasteiger partial charge is 0.0406 e. The van der Waals surface area contributed by atoms with Crippen molar-refractivity contribution in [1.29, 1.82) is 0 Å². The predicted octanol–water partition coefficient (Wildman–Crippen LogP) is 3.77. The van der Waals surface area contributed by atoms with Gasteiger partial charge in [0, 0.05) is 36.6 Å². The van der Waals surface area contributed by atoms with E-state index in [0.29, 0.717) is 12.0 Å². The molecule has 2 nitrogen and oxygen atoms in total. The number of rotatable bonds is 4. The highest BCUT2D eigenvalue weighted by atomic mass is 35.5. The summed E-state index contributed by atoms with van der Waals surface area (Å²) < 4.78 is 0. The van der Waals surface area contributed by atoms with Crippen LogP contribution in [-0.4, -0.2) is 37.1 Å². The molecule has 2 unspecified atom stereocenters. The Balaban J connectivity index is 2.00. The lowest BCUT2D eigenvalue weighted by atomic mass is 9.83. The van der Waals surface area contributed by atoms with Crippen LogP contribution in [0.2, 0.25) is 5.02 Å². The first-order valence-electron chi connectivity index (χ1n) is 8.04. The van der Waals surface area contributed by atoms with Crippen LogP contribution in [0.4, 0.5) is 0 Å². The summed E-state index contributed by atoms with van der Waals surface area (Å²) >= 11 is 6.08. The Hall–Kier alpha value is -1.35. The fraction of sp³-hybridized carbons (Fsp3) is 0.368. The Morgan fingerprint density at radius 1 is 1.09 bits per heavy atom. The predicted molar refractivity (Wildman–Crippen MR) is 93.6 cm³/mol. The summed E-state index contributed by atoms with van der Waals surface area (Å²) in [5.41, 5.74) is 2.71. The van der Waals surface area contributed by atoms with Gasteiger partial charge in [-0.3, -0.25) is 4.90 Å². The second-order valence-corrected chi connectivity index (χ2v) is 6.28. The van der Waals surface area contributed by atoms with Crippen LogP contribution in [0.1, 0.15) is 24.0 Å². The van der Waals surface area contributed by atoms with Crippen molar-refractivity contribution in [3.63, 3.8) is 0 Å². The number of nitrogens with zero attached hydrogens (tertiary/aromatic N) is 1.